The van der Waals surface area contributed by atoms with E-state index >= 15 is 0 Å². The van der Waals surface area contributed by atoms with Gasteiger partial charge in [-0.25, -0.2) is 9.97 Å². The van der Waals surface area contributed by atoms with E-state index in [1.807, 2.05) is 0 Å². The van der Waals surface area contributed by atoms with Crippen LogP contribution in [0.2, 0.25) is 5.15 Å². The molecule has 2 rings (SSSR count). The molecule has 0 aliphatic carbocycles. The molecule has 5 nitrogen and oxygen atoms in total. The van der Waals surface area contributed by atoms with Crippen LogP contribution in [0.3, 0.4) is 0 Å². The summed E-state index contributed by atoms with van der Waals surface area (Å²) < 4.78 is 0. The van der Waals surface area contributed by atoms with E-state index in [1.165, 1.54) is 17.8 Å². The smallest absolute Gasteiger partial charge is 0.251 e. The Kier molecular flexibility index (Phi) is 3.35. The zero-order chi connectivity index (χ0) is 12.4. The van der Waals surface area contributed by atoms with E-state index in [0.717, 1.165) is 0 Å². The molecule has 0 fully saturated rings. The van der Waals surface area contributed by atoms with Gasteiger partial charge in [-0.2, -0.15) is 0 Å². The van der Waals surface area contributed by atoms with Gasteiger partial charge in [0.1, 0.15) is 10.2 Å². The van der Waals surface area contributed by atoms with E-state index in [-0.39, 0.29) is 5.56 Å². The number of aryl methyl sites for hydroxylation is 1. The molecule has 2 heterocycles. The number of rotatable bonds is 2. The maximum absolute atomic E-state index is 11.3. The summed E-state index contributed by atoms with van der Waals surface area (Å²) in [4.78, 5) is 22.1. The van der Waals surface area contributed by atoms with Crippen molar-refractivity contribution in [3.8, 4) is 0 Å². The normalized spacial score (nSPS) is 10.5. The molecule has 0 bridgehead atoms. The van der Waals surface area contributed by atoms with Crippen molar-refractivity contribution in [2.45, 2.75) is 17.1 Å². The number of hydrogen-bond donors (Lipinski definition) is 2. The highest BCUT2D eigenvalue weighted by molar-refractivity contribution is 7.99. The van der Waals surface area contributed by atoms with Gasteiger partial charge in [-0.15, -0.1) is 0 Å². The second kappa shape index (κ2) is 4.77. The average Bonchev–Trinajstić information content (AvgIpc) is 2.13. The van der Waals surface area contributed by atoms with Crippen LogP contribution in [-0.2, 0) is 0 Å². The maximum atomic E-state index is 11.3. The molecule has 0 aliphatic rings. The number of anilines is 1. The summed E-state index contributed by atoms with van der Waals surface area (Å²) in [7, 11) is 0. The molecule has 0 spiro atoms. The lowest BCUT2D eigenvalue weighted by Gasteiger charge is -2.02. The predicted octanol–water partition coefficient (Wildman–Crippen LogP) is 1.86. The van der Waals surface area contributed by atoms with Crippen LogP contribution in [-0.4, -0.2) is 15.0 Å². The van der Waals surface area contributed by atoms with Crippen LogP contribution in [0, 0.1) is 6.92 Å². The topological polar surface area (TPSA) is 84.7 Å². The number of nitrogen functional groups attached to an aromatic ring is 1. The SMILES string of the molecule is Cc1cc(=O)[nH]c(Sc2cc(N)cc(Cl)n2)n1. The molecule has 0 saturated carbocycles. The summed E-state index contributed by atoms with van der Waals surface area (Å²) in [6.45, 7) is 1.75. The van der Waals surface area contributed by atoms with Crippen molar-refractivity contribution in [2.75, 3.05) is 5.73 Å². The Morgan fingerprint density at radius 1 is 1.35 bits per heavy atom. The van der Waals surface area contributed by atoms with Crippen molar-refractivity contribution in [1.82, 2.24) is 15.0 Å². The summed E-state index contributed by atoms with van der Waals surface area (Å²) in [5, 5.41) is 1.36. The van der Waals surface area contributed by atoms with Gasteiger partial charge < -0.3 is 10.7 Å². The number of nitrogens with one attached hydrogen (secondary N) is 1. The Labute approximate surface area is 106 Å². The quantitative estimate of drug-likeness (QED) is 0.641. The van der Waals surface area contributed by atoms with E-state index in [4.69, 9.17) is 17.3 Å². The van der Waals surface area contributed by atoms with Gasteiger partial charge in [-0.3, -0.25) is 4.79 Å². The minimum atomic E-state index is -0.199. The zero-order valence-electron chi connectivity index (χ0n) is 8.90. The second-order valence-electron chi connectivity index (χ2n) is 3.36. The van der Waals surface area contributed by atoms with Crippen LogP contribution in [0.15, 0.2) is 33.2 Å². The monoisotopic (exact) mass is 268 g/mol. The Bertz CT molecular complexity index is 593. The van der Waals surface area contributed by atoms with E-state index < -0.39 is 0 Å². The van der Waals surface area contributed by atoms with Crippen LogP contribution in [0.4, 0.5) is 5.69 Å². The van der Waals surface area contributed by atoms with E-state index in [9.17, 15) is 4.79 Å². The molecule has 2 aromatic heterocycles. The van der Waals surface area contributed by atoms with Crippen molar-refractivity contribution in [2.24, 2.45) is 0 Å². The lowest BCUT2D eigenvalue weighted by atomic mass is 10.4. The summed E-state index contributed by atoms with van der Waals surface area (Å²) in [6.07, 6.45) is 0. The molecule has 0 amide bonds. The minimum absolute atomic E-state index is 0.199. The average molecular weight is 269 g/mol. The number of hydrogen-bond acceptors (Lipinski definition) is 5. The number of aromatic nitrogens is 3. The van der Waals surface area contributed by atoms with Crippen molar-refractivity contribution in [3.05, 3.63) is 39.4 Å². The van der Waals surface area contributed by atoms with Gasteiger partial charge in [0.25, 0.3) is 5.56 Å². The van der Waals surface area contributed by atoms with Gasteiger partial charge in [0, 0.05) is 17.4 Å². The molecule has 0 atom stereocenters. The van der Waals surface area contributed by atoms with Crippen molar-refractivity contribution < 1.29 is 0 Å². The number of halogens is 1. The molecule has 2 aromatic rings. The molecule has 17 heavy (non-hydrogen) atoms. The maximum Gasteiger partial charge on any atom is 0.251 e. The lowest BCUT2D eigenvalue weighted by Crippen LogP contribution is -2.08. The molecule has 0 saturated heterocycles. The summed E-state index contributed by atoms with van der Waals surface area (Å²) in [5.41, 5.74) is 6.60. The highest BCUT2D eigenvalue weighted by Crippen LogP contribution is 2.25. The molecular weight excluding hydrogens is 260 g/mol. The standard InChI is InChI=1S/C10H9ClN4OS/c1-5-2-8(16)15-10(13-5)17-9-4-6(12)3-7(11)14-9/h2-4H,1H3,(H2,12,14)(H,13,15,16). The largest absolute Gasteiger partial charge is 0.399 e. The lowest BCUT2D eigenvalue weighted by molar-refractivity contribution is 0.902. The Balaban J connectivity index is 2.34. The van der Waals surface area contributed by atoms with Gasteiger partial charge in [-0.1, -0.05) is 11.6 Å². The number of nitrogens with two attached hydrogens (primary N) is 1. The van der Waals surface area contributed by atoms with Gasteiger partial charge >= 0.3 is 0 Å². The molecular formula is C10H9ClN4OS. The van der Waals surface area contributed by atoms with Crippen molar-refractivity contribution >= 4 is 29.1 Å². The highest BCUT2D eigenvalue weighted by atomic mass is 35.5. The molecule has 7 heteroatoms. The van der Waals surface area contributed by atoms with Gasteiger partial charge in [0.2, 0.25) is 0 Å². The Morgan fingerprint density at radius 3 is 2.76 bits per heavy atom. The van der Waals surface area contributed by atoms with Gasteiger partial charge in [0.05, 0.1) is 0 Å². The first-order valence-electron chi connectivity index (χ1n) is 4.72. The number of H-pyrrole nitrogens is 1. The zero-order valence-corrected chi connectivity index (χ0v) is 10.5. The minimum Gasteiger partial charge on any atom is -0.399 e. The van der Waals surface area contributed by atoms with Crippen LogP contribution in [0.1, 0.15) is 5.69 Å². The first kappa shape index (κ1) is 11.9. The number of pyridine rings is 1. The highest BCUT2D eigenvalue weighted by Gasteiger charge is 2.05. The van der Waals surface area contributed by atoms with E-state index in [0.29, 0.717) is 26.7 Å². The molecule has 0 aromatic carbocycles. The fourth-order valence-electron chi connectivity index (χ4n) is 1.24. The second-order valence-corrected chi connectivity index (χ2v) is 4.75. The third-order valence-corrected chi connectivity index (χ3v) is 2.84. The summed E-state index contributed by atoms with van der Waals surface area (Å²) in [6, 6.07) is 4.64. The van der Waals surface area contributed by atoms with Gasteiger partial charge in [-0.05, 0) is 30.8 Å². The molecule has 88 valence electrons. The van der Waals surface area contributed by atoms with Crippen molar-refractivity contribution in [1.29, 1.82) is 0 Å². The Hall–Kier alpha value is -1.53. The first-order chi connectivity index (χ1) is 8.02. The van der Waals surface area contributed by atoms with Crippen LogP contribution in [0.25, 0.3) is 0 Å². The van der Waals surface area contributed by atoms with Crippen LogP contribution in [0.5, 0.6) is 0 Å². The third kappa shape index (κ3) is 3.21. The third-order valence-electron chi connectivity index (χ3n) is 1.84. The molecule has 0 unspecified atom stereocenters. The fraction of sp³-hybridized carbons (Fsp3) is 0.100. The summed E-state index contributed by atoms with van der Waals surface area (Å²) >= 11 is 6.98. The fourth-order valence-corrected chi connectivity index (χ4v) is 2.39. The number of nitrogens with zero attached hydrogens (tertiary/aromatic N) is 2. The summed E-state index contributed by atoms with van der Waals surface area (Å²) in [5.74, 6) is 0. The Morgan fingerprint density at radius 2 is 2.12 bits per heavy atom. The van der Waals surface area contributed by atoms with Crippen LogP contribution < -0.4 is 11.3 Å². The first-order valence-corrected chi connectivity index (χ1v) is 5.91. The van der Waals surface area contributed by atoms with Gasteiger partial charge in [0.15, 0.2) is 5.16 Å². The predicted molar refractivity (Wildman–Crippen MR) is 67.4 cm³/mol. The van der Waals surface area contributed by atoms with E-state index in [2.05, 4.69) is 15.0 Å². The van der Waals surface area contributed by atoms with E-state index in [1.54, 1.807) is 19.1 Å². The number of aromatic amines is 1. The molecule has 0 radical (unpaired) electrons. The molecule has 3 N–H and O–H groups in total. The van der Waals surface area contributed by atoms with Crippen LogP contribution >= 0.6 is 23.4 Å². The van der Waals surface area contributed by atoms with Crippen molar-refractivity contribution in [3.63, 3.8) is 0 Å². The molecule has 0 aliphatic heterocycles.